The fourth-order valence-electron chi connectivity index (χ4n) is 1.76. The quantitative estimate of drug-likeness (QED) is 0.746. The minimum Gasteiger partial charge on any atom is -0.499 e. The molecule has 0 fully saturated rings. The molecule has 0 aliphatic carbocycles. The van der Waals surface area contributed by atoms with E-state index in [0.29, 0.717) is 25.2 Å². The number of hydrogen-bond donors (Lipinski definition) is 1. The van der Waals surface area contributed by atoms with E-state index in [1.54, 1.807) is 0 Å². The maximum absolute atomic E-state index is 10.5. The van der Waals surface area contributed by atoms with Crippen LogP contribution < -0.4 is 0 Å². The summed E-state index contributed by atoms with van der Waals surface area (Å²) in [5, 5.41) is 10.5. The molecule has 0 aliphatic heterocycles. The Bertz CT molecular complexity index is 332. The van der Waals surface area contributed by atoms with E-state index in [4.69, 9.17) is 4.74 Å². The van der Waals surface area contributed by atoms with Gasteiger partial charge in [-0.15, -0.1) is 0 Å². The minimum absolute atomic E-state index is 0.446. The molecule has 0 radical (unpaired) electrons. The van der Waals surface area contributed by atoms with Crippen molar-refractivity contribution in [1.82, 2.24) is 0 Å². The molecule has 1 rings (SSSR count). The van der Waals surface area contributed by atoms with E-state index < -0.39 is 5.60 Å². The molecule has 0 aliphatic rings. The van der Waals surface area contributed by atoms with Crippen LogP contribution >= 0.6 is 0 Å². The normalized spacial score (nSPS) is 14.2. The first-order chi connectivity index (χ1) is 7.62. The highest BCUT2D eigenvalue weighted by molar-refractivity contribution is 5.23. The fraction of sp³-hybridized carbons (Fsp3) is 0.429. The number of hydrogen-bond acceptors (Lipinski definition) is 2. The standard InChI is InChI=1S/C14H20O2/c1-4-14(15,11-12(3)16-5-2)13-9-7-6-8-10-13/h6-10,15H,3-5,11H2,1-2H3. The van der Waals surface area contributed by atoms with Crippen molar-refractivity contribution >= 4 is 0 Å². The minimum atomic E-state index is -0.868. The first-order valence-electron chi connectivity index (χ1n) is 5.71. The zero-order valence-electron chi connectivity index (χ0n) is 10.1. The van der Waals surface area contributed by atoms with Gasteiger partial charge >= 0.3 is 0 Å². The Morgan fingerprint density at radius 1 is 1.31 bits per heavy atom. The van der Waals surface area contributed by atoms with Gasteiger partial charge in [0.15, 0.2) is 0 Å². The van der Waals surface area contributed by atoms with Crippen molar-refractivity contribution in [2.24, 2.45) is 0 Å². The third-order valence-corrected chi connectivity index (χ3v) is 2.73. The van der Waals surface area contributed by atoms with E-state index in [9.17, 15) is 5.11 Å². The molecule has 0 saturated carbocycles. The number of benzene rings is 1. The van der Waals surface area contributed by atoms with Crippen LogP contribution in [0.4, 0.5) is 0 Å². The van der Waals surface area contributed by atoms with Crippen molar-refractivity contribution in [3.63, 3.8) is 0 Å². The highest BCUT2D eigenvalue weighted by atomic mass is 16.5. The predicted molar refractivity (Wildman–Crippen MR) is 66.0 cm³/mol. The summed E-state index contributed by atoms with van der Waals surface area (Å²) >= 11 is 0. The van der Waals surface area contributed by atoms with E-state index in [1.807, 2.05) is 44.2 Å². The fourth-order valence-corrected chi connectivity index (χ4v) is 1.76. The van der Waals surface area contributed by atoms with Crippen molar-refractivity contribution in [3.05, 3.63) is 48.2 Å². The molecule has 16 heavy (non-hydrogen) atoms. The van der Waals surface area contributed by atoms with E-state index in [2.05, 4.69) is 6.58 Å². The van der Waals surface area contributed by atoms with E-state index >= 15 is 0 Å². The third kappa shape index (κ3) is 3.11. The van der Waals surface area contributed by atoms with Gasteiger partial charge in [-0.2, -0.15) is 0 Å². The summed E-state index contributed by atoms with van der Waals surface area (Å²) in [6.07, 6.45) is 1.09. The molecule has 0 bridgehead atoms. The Hall–Kier alpha value is -1.28. The molecule has 1 unspecified atom stereocenters. The lowest BCUT2D eigenvalue weighted by molar-refractivity contribution is 0.0166. The number of rotatable bonds is 6. The zero-order chi connectivity index (χ0) is 12.0. The molecule has 1 aromatic rings. The van der Waals surface area contributed by atoms with Crippen molar-refractivity contribution in [1.29, 1.82) is 0 Å². The Kier molecular flexibility index (Phi) is 4.56. The average molecular weight is 220 g/mol. The monoisotopic (exact) mass is 220 g/mol. The smallest absolute Gasteiger partial charge is 0.0963 e. The maximum atomic E-state index is 10.5. The molecule has 0 heterocycles. The van der Waals surface area contributed by atoms with Crippen LogP contribution in [0.5, 0.6) is 0 Å². The van der Waals surface area contributed by atoms with Crippen LogP contribution in [0.25, 0.3) is 0 Å². The molecular weight excluding hydrogens is 200 g/mol. The molecule has 0 saturated heterocycles. The highest BCUT2D eigenvalue weighted by Gasteiger charge is 2.28. The molecular formula is C14H20O2. The van der Waals surface area contributed by atoms with Gasteiger partial charge in [0, 0.05) is 6.42 Å². The second-order valence-electron chi connectivity index (χ2n) is 3.90. The summed E-state index contributed by atoms with van der Waals surface area (Å²) in [6.45, 7) is 8.29. The van der Waals surface area contributed by atoms with Crippen molar-refractivity contribution in [2.75, 3.05) is 6.61 Å². The van der Waals surface area contributed by atoms with E-state index in [0.717, 1.165) is 5.56 Å². The summed E-state index contributed by atoms with van der Waals surface area (Å²) in [6, 6.07) is 9.67. The van der Waals surface area contributed by atoms with Crippen LogP contribution in [0, 0.1) is 0 Å². The summed E-state index contributed by atoms with van der Waals surface area (Å²) in [5.74, 6) is 0.635. The number of ether oxygens (including phenoxy) is 1. The molecule has 0 aromatic heterocycles. The average Bonchev–Trinajstić information content (AvgIpc) is 2.30. The van der Waals surface area contributed by atoms with Gasteiger partial charge < -0.3 is 9.84 Å². The molecule has 2 heteroatoms. The topological polar surface area (TPSA) is 29.5 Å². The second kappa shape index (κ2) is 5.71. The van der Waals surface area contributed by atoms with Crippen LogP contribution in [0.15, 0.2) is 42.7 Å². The van der Waals surface area contributed by atoms with Gasteiger partial charge in [0.05, 0.1) is 18.0 Å². The first-order valence-corrected chi connectivity index (χ1v) is 5.71. The highest BCUT2D eigenvalue weighted by Crippen LogP contribution is 2.31. The van der Waals surface area contributed by atoms with Gasteiger partial charge in [0.25, 0.3) is 0 Å². The van der Waals surface area contributed by atoms with Crippen LogP contribution in [-0.4, -0.2) is 11.7 Å². The molecule has 2 nitrogen and oxygen atoms in total. The Morgan fingerprint density at radius 2 is 1.94 bits per heavy atom. The van der Waals surface area contributed by atoms with Crippen LogP contribution in [-0.2, 0) is 10.3 Å². The Morgan fingerprint density at radius 3 is 2.44 bits per heavy atom. The van der Waals surface area contributed by atoms with Crippen molar-refractivity contribution < 1.29 is 9.84 Å². The largest absolute Gasteiger partial charge is 0.499 e. The third-order valence-electron chi connectivity index (χ3n) is 2.73. The predicted octanol–water partition coefficient (Wildman–Crippen LogP) is 3.22. The summed E-state index contributed by atoms with van der Waals surface area (Å²) in [7, 11) is 0. The summed E-state index contributed by atoms with van der Waals surface area (Å²) < 4.78 is 5.31. The van der Waals surface area contributed by atoms with Gasteiger partial charge in [-0.3, -0.25) is 0 Å². The SMILES string of the molecule is C=C(CC(O)(CC)c1ccccc1)OCC. The zero-order valence-corrected chi connectivity index (χ0v) is 10.1. The molecule has 1 N–H and O–H groups in total. The Labute approximate surface area is 97.6 Å². The van der Waals surface area contributed by atoms with Crippen molar-refractivity contribution in [2.45, 2.75) is 32.3 Å². The van der Waals surface area contributed by atoms with Gasteiger partial charge in [-0.05, 0) is 18.9 Å². The molecule has 1 aromatic carbocycles. The lowest BCUT2D eigenvalue weighted by Crippen LogP contribution is -2.25. The molecule has 0 amide bonds. The number of aliphatic hydroxyl groups is 1. The van der Waals surface area contributed by atoms with Gasteiger partial charge in [-0.25, -0.2) is 0 Å². The lowest BCUT2D eigenvalue weighted by Gasteiger charge is -2.28. The first kappa shape index (κ1) is 12.8. The maximum Gasteiger partial charge on any atom is 0.0963 e. The molecule has 88 valence electrons. The van der Waals surface area contributed by atoms with Crippen LogP contribution in [0.2, 0.25) is 0 Å². The Balaban J connectivity index is 2.82. The second-order valence-corrected chi connectivity index (χ2v) is 3.90. The molecule has 1 atom stereocenters. The lowest BCUT2D eigenvalue weighted by atomic mass is 9.87. The van der Waals surface area contributed by atoms with E-state index in [-0.39, 0.29) is 0 Å². The van der Waals surface area contributed by atoms with Gasteiger partial charge in [0.2, 0.25) is 0 Å². The molecule has 0 spiro atoms. The van der Waals surface area contributed by atoms with Gasteiger partial charge in [0.1, 0.15) is 0 Å². The summed E-state index contributed by atoms with van der Waals surface area (Å²) in [4.78, 5) is 0. The van der Waals surface area contributed by atoms with E-state index in [1.165, 1.54) is 0 Å². The van der Waals surface area contributed by atoms with Crippen LogP contribution in [0.3, 0.4) is 0 Å². The van der Waals surface area contributed by atoms with Gasteiger partial charge in [-0.1, -0.05) is 43.8 Å². The van der Waals surface area contributed by atoms with Crippen molar-refractivity contribution in [3.8, 4) is 0 Å². The summed E-state index contributed by atoms with van der Waals surface area (Å²) in [5.41, 5.74) is 0.0476. The van der Waals surface area contributed by atoms with Crippen LogP contribution in [0.1, 0.15) is 32.3 Å².